The molecule has 3 rings (SSSR count). The fourth-order valence-electron chi connectivity index (χ4n) is 3.10. The van der Waals surface area contributed by atoms with Crippen LogP contribution in [0.25, 0.3) is 0 Å². The Bertz CT molecular complexity index is 505. The van der Waals surface area contributed by atoms with Crippen molar-refractivity contribution in [2.75, 3.05) is 31.9 Å². The van der Waals surface area contributed by atoms with E-state index in [0.29, 0.717) is 5.75 Å². The van der Waals surface area contributed by atoms with Crippen LogP contribution >= 0.6 is 23.4 Å². The monoisotopic (exact) mass is 324 g/mol. The smallest absolute Gasteiger partial charge is 0.233 e. The number of carbonyl (C=O) groups is 1. The predicted molar refractivity (Wildman–Crippen MR) is 88.7 cm³/mol. The molecule has 0 bridgehead atoms. The van der Waals surface area contributed by atoms with Crippen LogP contribution < -0.4 is 0 Å². The van der Waals surface area contributed by atoms with Gasteiger partial charge in [-0.1, -0.05) is 29.8 Å². The third-order valence-electron chi connectivity index (χ3n) is 4.21. The number of carbonyl (C=O) groups excluding carboxylic acids is 1. The van der Waals surface area contributed by atoms with E-state index in [9.17, 15) is 4.79 Å². The lowest BCUT2D eigenvalue weighted by atomic mass is 10.2. The van der Waals surface area contributed by atoms with E-state index in [-0.39, 0.29) is 11.3 Å². The van der Waals surface area contributed by atoms with Crippen LogP contribution in [0.15, 0.2) is 24.3 Å². The Morgan fingerprint density at radius 1 is 1.19 bits per heavy atom. The van der Waals surface area contributed by atoms with E-state index < -0.39 is 0 Å². The summed E-state index contributed by atoms with van der Waals surface area (Å²) in [5.41, 5.74) is 1.07. The van der Waals surface area contributed by atoms with Crippen LogP contribution in [0.1, 0.15) is 30.2 Å². The summed E-state index contributed by atoms with van der Waals surface area (Å²) in [5.74, 6) is 0.811. The highest BCUT2D eigenvalue weighted by molar-refractivity contribution is 8.00. The summed E-state index contributed by atoms with van der Waals surface area (Å²) in [7, 11) is 0. The van der Waals surface area contributed by atoms with Crippen molar-refractivity contribution in [2.24, 2.45) is 0 Å². The number of likely N-dealkylation sites (tertiary alicyclic amines) is 1. The van der Waals surface area contributed by atoms with Crippen LogP contribution in [0.2, 0.25) is 5.02 Å². The number of benzene rings is 1. The van der Waals surface area contributed by atoms with E-state index in [4.69, 9.17) is 11.6 Å². The zero-order chi connectivity index (χ0) is 14.7. The number of rotatable bonds is 5. The third-order valence-corrected chi connectivity index (χ3v) is 5.79. The first-order valence-corrected chi connectivity index (χ1v) is 9.06. The Hall–Kier alpha value is -0.710. The van der Waals surface area contributed by atoms with Crippen LogP contribution in [0.4, 0.5) is 0 Å². The molecule has 1 amide bonds. The molecule has 2 aliphatic rings. The van der Waals surface area contributed by atoms with Gasteiger partial charge in [0.25, 0.3) is 0 Å². The molecule has 114 valence electrons. The molecule has 21 heavy (non-hydrogen) atoms. The Balaban J connectivity index is 1.61. The van der Waals surface area contributed by atoms with Gasteiger partial charge in [0, 0.05) is 17.1 Å². The van der Waals surface area contributed by atoms with Gasteiger partial charge in [-0.25, -0.2) is 0 Å². The Morgan fingerprint density at radius 3 is 2.71 bits per heavy atom. The van der Waals surface area contributed by atoms with Gasteiger partial charge in [-0.3, -0.25) is 4.79 Å². The van der Waals surface area contributed by atoms with Gasteiger partial charge in [0.1, 0.15) is 5.37 Å². The van der Waals surface area contributed by atoms with Crippen molar-refractivity contribution in [3.05, 3.63) is 34.9 Å². The first-order valence-electron chi connectivity index (χ1n) is 7.63. The number of nitrogens with zero attached hydrogens (tertiary/aromatic N) is 2. The molecule has 3 nitrogen and oxygen atoms in total. The van der Waals surface area contributed by atoms with Crippen molar-refractivity contribution in [3.63, 3.8) is 0 Å². The minimum Gasteiger partial charge on any atom is -0.326 e. The van der Waals surface area contributed by atoms with E-state index >= 15 is 0 Å². The molecule has 0 N–H and O–H groups in total. The molecule has 1 aromatic carbocycles. The van der Waals surface area contributed by atoms with Crippen molar-refractivity contribution in [3.8, 4) is 0 Å². The van der Waals surface area contributed by atoms with Gasteiger partial charge in [-0.2, -0.15) is 0 Å². The van der Waals surface area contributed by atoms with Crippen molar-refractivity contribution in [1.29, 1.82) is 0 Å². The number of hydrogen-bond acceptors (Lipinski definition) is 3. The molecular weight excluding hydrogens is 304 g/mol. The summed E-state index contributed by atoms with van der Waals surface area (Å²) in [6, 6.07) is 7.87. The zero-order valence-electron chi connectivity index (χ0n) is 12.1. The SMILES string of the molecule is O=C1CSC(c2ccccc2Cl)N1CCCN1CCCC1. The summed E-state index contributed by atoms with van der Waals surface area (Å²) in [6.07, 6.45) is 3.69. The molecule has 0 spiro atoms. The number of halogens is 1. The molecule has 1 unspecified atom stereocenters. The van der Waals surface area contributed by atoms with Gasteiger partial charge in [0.2, 0.25) is 5.91 Å². The Morgan fingerprint density at radius 2 is 1.95 bits per heavy atom. The summed E-state index contributed by atoms with van der Waals surface area (Å²) in [6.45, 7) is 4.37. The van der Waals surface area contributed by atoms with Crippen LogP contribution in [-0.4, -0.2) is 47.6 Å². The minimum atomic E-state index is 0.0878. The first kappa shape index (κ1) is 15.2. The maximum Gasteiger partial charge on any atom is 0.233 e. The number of hydrogen-bond donors (Lipinski definition) is 0. The molecule has 2 saturated heterocycles. The molecule has 0 aromatic heterocycles. The molecular formula is C16H21ClN2OS. The lowest BCUT2D eigenvalue weighted by Crippen LogP contribution is -2.32. The quantitative estimate of drug-likeness (QED) is 0.829. The second-order valence-electron chi connectivity index (χ2n) is 5.67. The highest BCUT2D eigenvalue weighted by Gasteiger charge is 2.33. The van der Waals surface area contributed by atoms with Crippen molar-refractivity contribution in [1.82, 2.24) is 9.80 Å². The largest absolute Gasteiger partial charge is 0.326 e. The van der Waals surface area contributed by atoms with Gasteiger partial charge in [0.15, 0.2) is 0 Å². The lowest BCUT2D eigenvalue weighted by Gasteiger charge is -2.26. The fourth-order valence-corrected chi connectivity index (χ4v) is 4.66. The van der Waals surface area contributed by atoms with E-state index in [2.05, 4.69) is 4.90 Å². The summed E-state index contributed by atoms with van der Waals surface area (Å²) in [4.78, 5) is 16.6. The highest BCUT2D eigenvalue weighted by atomic mass is 35.5. The van der Waals surface area contributed by atoms with E-state index in [0.717, 1.165) is 30.1 Å². The molecule has 2 aliphatic heterocycles. The average molecular weight is 325 g/mol. The van der Waals surface area contributed by atoms with Crippen molar-refractivity contribution < 1.29 is 4.79 Å². The number of thioether (sulfide) groups is 1. The highest BCUT2D eigenvalue weighted by Crippen LogP contribution is 2.41. The second-order valence-corrected chi connectivity index (χ2v) is 7.15. The van der Waals surface area contributed by atoms with Crippen molar-refractivity contribution in [2.45, 2.75) is 24.6 Å². The standard InChI is InChI=1S/C16H21ClN2OS/c17-14-7-2-1-6-13(14)16-19(15(20)12-21-16)11-5-10-18-8-3-4-9-18/h1-2,6-7,16H,3-5,8-12H2. The van der Waals surface area contributed by atoms with Gasteiger partial charge < -0.3 is 9.80 Å². The first-order chi connectivity index (χ1) is 10.3. The summed E-state index contributed by atoms with van der Waals surface area (Å²) < 4.78 is 0. The second kappa shape index (κ2) is 7.03. The maximum atomic E-state index is 12.1. The predicted octanol–water partition coefficient (Wildman–Crippen LogP) is 3.40. The lowest BCUT2D eigenvalue weighted by molar-refractivity contribution is -0.128. The van der Waals surface area contributed by atoms with Crippen LogP contribution in [0.5, 0.6) is 0 Å². The third kappa shape index (κ3) is 3.55. The molecule has 5 heteroatoms. The molecule has 0 aliphatic carbocycles. The summed E-state index contributed by atoms with van der Waals surface area (Å²) in [5, 5.41) is 0.846. The topological polar surface area (TPSA) is 23.6 Å². The fraction of sp³-hybridized carbons (Fsp3) is 0.562. The van der Waals surface area contributed by atoms with E-state index in [1.165, 1.54) is 25.9 Å². The van der Waals surface area contributed by atoms with Gasteiger partial charge >= 0.3 is 0 Å². The molecule has 2 heterocycles. The normalized spacial score (nSPS) is 23.2. The molecule has 2 fully saturated rings. The minimum absolute atomic E-state index is 0.0878. The maximum absolute atomic E-state index is 12.1. The van der Waals surface area contributed by atoms with Crippen LogP contribution in [0.3, 0.4) is 0 Å². The Kier molecular flexibility index (Phi) is 5.09. The van der Waals surface area contributed by atoms with Crippen LogP contribution in [0, 0.1) is 0 Å². The van der Waals surface area contributed by atoms with Crippen LogP contribution in [-0.2, 0) is 4.79 Å². The molecule has 0 saturated carbocycles. The average Bonchev–Trinajstić information content (AvgIpc) is 3.11. The molecule has 1 aromatic rings. The van der Waals surface area contributed by atoms with E-state index in [1.807, 2.05) is 29.2 Å². The van der Waals surface area contributed by atoms with Gasteiger partial charge in [-0.05, 0) is 45.0 Å². The zero-order valence-corrected chi connectivity index (χ0v) is 13.7. The van der Waals surface area contributed by atoms with Gasteiger partial charge in [-0.15, -0.1) is 11.8 Å². The summed E-state index contributed by atoms with van der Waals surface area (Å²) >= 11 is 7.98. The Labute approximate surface area is 135 Å². The van der Waals surface area contributed by atoms with E-state index in [1.54, 1.807) is 11.8 Å². The molecule has 0 radical (unpaired) electrons. The number of amides is 1. The molecule has 1 atom stereocenters. The van der Waals surface area contributed by atoms with Crippen molar-refractivity contribution >= 4 is 29.3 Å². The van der Waals surface area contributed by atoms with Gasteiger partial charge in [0.05, 0.1) is 5.75 Å².